The minimum Gasteiger partial charge on any atom is -0.303 e. The van der Waals surface area contributed by atoms with E-state index in [0.717, 1.165) is 36.8 Å². The highest BCUT2D eigenvalue weighted by molar-refractivity contribution is 7.54. The van der Waals surface area contributed by atoms with Gasteiger partial charge in [0.25, 0.3) is 0 Å². The highest BCUT2D eigenvalue weighted by Gasteiger charge is 2.66. The van der Waals surface area contributed by atoms with Crippen molar-refractivity contribution in [3.05, 3.63) is 71.8 Å². The van der Waals surface area contributed by atoms with Crippen LogP contribution in [0.2, 0.25) is 0 Å². The molecular formula is C34H48NO3P. The summed E-state index contributed by atoms with van der Waals surface area (Å²) in [5.74, 6) is 0.676. The normalized spacial score (nSPS) is 38.1. The van der Waals surface area contributed by atoms with Gasteiger partial charge < -0.3 is 9.05 Å². The molecule has 0 spiro atoms. The van der Waals surface area contributed by atoms with Crippen LogP contribution in [0.3, 0.4) is 0 Å². The van der Waals surface area contributed by atoms with Crippen molar-refractivity contribution in [3.8, 4) is 0 Å². The molecule has 4 bridgehead atoms. The average molecular weight is 550 g/mol. The van der Waals surface area contributed by atoms with E-state index in [0.29, 0.717) is 18.4 Å². The third-order valence-electron chi connectivity index (χ3n) is 12.8. The molecule has 4 aliphatic rings. The van der Waals surface area contributed by atoms with Gasteiger partial charge in [0.15, 0.2) is 0 Å². The van der Waals surface area contributed by atoms with Gasteiger partial charge in [-0.15, -0.1) is 0 Å². The van der Waals surface area contributed by atoms with Crippen LogP contribution in [0.25, 0.3) is 0 Å². The van der Waals surface area contributed by atoms with Crippen LogP contribution in [0.4, 0.5) is 0 Å². The van der Waals surface area contributed by atoms with Crippen molar-refractivity contribution in [2.45, 2.75) is 105 Å². The number of rotatable bonds is 9. The van der Waals surface area contributed by atoms with E-state index >= 15 is 4.57 Å². The molecule has 0 amide bonds. The zero-order valence-electron chi connectivity index (χ0n) is 24.8. The summed E-state index contributed by atoms with van der Waals surface area (Å²) < 4.78 is 29.7. The van der Waals surface area contributed by atoms with Crippen molar-refractivity contribution in [1.82, 2.24) is 5.32 Å². The maximum atomic E-state index is 15.6. The Morgan fingerprint density at radius 3 is 1.64 bits per heavy atom. The van der Waals surface area contributed by atoms with Gasteiger partial charge in [-0.3, -0.25) is 9.88 Å². The summed E-state index contributed by atoms with van der Waals surface area (Å²) in [6, 6.07) is 20.6. The van der Waals surface area contributed by atoms with Crippen LogP contribution in [0.1, 0.15) is 97.0 Å². The molecule has 4 aliphatic carbocycles. The summed E-state index contributed by atoms with van der Waals surface area (Å²) in [5, 5.41) is 3.68. The second kappa shape index (κ2) is 9.55. The SMILES string of the molecule is CC1(C)[C@@H]2CC[C@@]1(C)[C@@H](OP(=O)(O[C@@H]1C[C@@H]3CC[C@]1(C)C3(C)C)[C@@H](NCc1ccccc1)c1ccccc1)C2. The molecular weight excluding hydrogens is 501 g/mol. The molecule has 0 aromatic heterocycles. The van der Waals surface area contributed by atoms with Crippen LogP contribution < -0.4 is 5.32 Å². The monoisotopic (exact) mass is 549 g/mol. The zero-order chi connectivity index (χ0) is 27.7. The fourth-order valence-corrected chi connectivity index (χ4v) is 11.4. The van der Waals surface area contributed by atoms with Gasteiger partial charge in [0.1, 0.15) is 5.78 Å². The molecule has 1 unspecified atom stereocenters. The molecule has 2 aromatic rings. The Bertz CT molecular complexity index is 1180. The summed E-state index contributed by atoms with van der Waals surface area (Å²) >= 11 is 0. The zero-order valence-corrected chi connectivity index (χ0v) is 25.7. The van der Waals surface area contributed by atoms with Gasteiger partial charge in [0.2, 0.25) is 0 Å². The second-order valence-electron chi connectivity index (χ2n) is 14.6. The van der Waals surface area contributed by atoms with Crippen molar-refractivity contribution in [2.24, 2.45) is 33.5 Å². The van der Waals surface area contributed by atoms with Gasteiger partial charge in [0, 0.05) is 6.54 Å². The maximum absolute atomic E-state index is 15.6. The van der Waals surface area contributed by atoms with E-state index < -0.39 is 13.4 Å². The second-order valence-corrected chi connectivity index (χ2v) is 16.6. The van der Waals surface area contributed by atoms with Gasteiger partial charge in [-0.05, 0) is 83.1 Å². The molecule has 2 aromatic carbocycles. The third kappa shape index (κ3) is 4.23. The fourth-order valence-electron chi connectivity index (χ4n) is 8.94. The van der Waals surface area contributed by atoms with Gasteiger partial charge >= 0.3 is 7.60 Å². The van der Waals surface area contributed by atoms with Crippen LogP contribution >= 0.6 is 7.60 Å². The van der Waals surface area contributed by atoms with E-state index in [2.05, 4.69) is 83.3 Å². The molecule has 4 fully saturated rings. The van der Waals surface area contributed by atoms with E-state index in [1.165, 1.54) is 12.8 Å². The van der Waals surface area contributed by atoms with Gasteiger partial charge in [-0.25, -0.2) is 0 Å². The first-order valence-corrected chi connectivity index (χ1v) is 16.8. The smallest absolute Gasteiger partial charge is 0.303 e. The minimum absolute atomic E-state index is 0.00475. The van der Waals surface area contributed by atoms with Gasteiger partial charge in [-0.2, -0.15) is 0 Å². The lowest BCUT2D eigenvalue weighted by atomic mass is 9.70. The van der Waals surface area contributed by atoms with Crippen LogP contribution in [0, 0.1) is 33.5 Å². The Morgan fingerprint density at radius 1 is 0.769 bits per heavy atom. The molecule has 4 nitrogen and oxygen atoms in total. The summed E-state index contributed by atoms with van der Waals surface area (Å²) in [6.45, 7) is 14.9. The molecule has 0 heterocycles. The van der Waals surface area contributed by atoms with Crippen molar-refractivity contribution in [1.29, 1.82) is 0 Å². The van der Waals surface area contributed by atoms with E-state index in [1.807, 2.05) is 24.3 Å². The topological polar surface area (TPSA) is 47.6 Å². The van der Waals surface area contributed by atoms with Crippen LogP contribution in [-0.2, 0) is 20.2 Å². The molecule has 6 rings (SSSR count). The first-order chi connectivity index (χ1) is 18.4. The first kappa shape index (κ1) is 27.7. The number of fused-ring (bicyclic) bond motifs is 4. The third-order valence-corrected chi connectivity index (χ3v) is 15.0. The lowest BCUT2D eigenvalue weighted by Gasteiger charge is -2.44. The van der Waals surface area contributed by atoms with Crippen LogP contribution in [0.5, 0.6) is 0 Å². The largest absolute Gasteiger partial charge is 0.352 e. The predicted molar refractivity (Wildman–Crippen MR) is 158 cm³/mol. The summed E-state index contributed by atoms with van der Waals surface area (Å²) in [7, 11) is -3.66. The predicted octanol–water partition coefficient (Wildman–Crippen LogP) is 9.13. The molecule has 8 atom stereocenters. The van der Waals surface area contributed by atoms with Gasteiger partial charge in [0.05, 0.1) is 12.2 Å². The Labute approximate surface area is 236 Å². The average Bonchev–Trinajstić information content (AvgIpc) is 3.42. The highest BCUT2D eigenvalue weighted by Crippen LogP contribution is 2.74. The molecule has 4 saturated carbocycles. The Balaban J connectivity index is 1.38. The summed E-state index contributed by atoms with van der Waals surface area (Å²) in [4.78, 5) is 0. The van der Waals surface area contributed by atoms with Crippen LogP contribution in [-0.4, -0.2) is 12.2 Å². The van der Waals surface area contributed by atoms with E-state index in [9.17, 15) is 0 Å². The number of benzene rings is 2. The number of hydrogen-bond acceptors (Lipinski definition) is 4. The Hall–Kier alpha value is -1.45. The van der Waals surface area contributed by atoms with Crippen LogP contribution in [0.15, 0.2) is 60.7 Å². The van der Waals surface area contributed by atoms with E-state index in [-0.39, 0.29) is 33.9 Å². The van der Waals surface area contributed by atoms with E-state index in [1.54, 1.807) is 0 Å². The summed E-state index contributed by atoms with van der Waals surface area (Å²) in [6.07, 6.45) is 6.51. The molecule has 39 heavy (non-hydrogen) atoms. The molecule has 0 radical (unpaired) electrons. The highest BCUT2D eigenvalue weighted by atomic mass is 31.2. The number of hydrogen-bond donors (Lipinski definition) is 1. The van der Waals surface area contributed by atoms with Crippen molar-refractivity contribution >= 4 is 7.60 Å². The standard InChI is InChI=1S/C34H48NO3P/c1-31(2)26-17-19-33(31,5)28(21-26)37-39(36,38-29-22-27-18-20-34(29,6)32(27,3)4)30(25-15-11-8-12-16-25)35-23-24-13-9-7-10-14-24/h7-16,26-30,35H,17-23H2,1-6H3/t26-,27+,28+,29-,30-,33+,34+,39?/m1/s1. The molecule has 0 aliphatic heterocycles. The van der Waals surface area contributed by atoms with Crippen molar-refractivity contribution in [2.75, 3.05) is 0 Å². The van der Waals surface area contributed by atoms with Crippen molar-refractivity contribution in [3.63, 3.8) is 0 Å². The quantitative estimate of drug-likeness (QED) is 0.317. The van der Waals surface area contributed by atoms with Crippen molar-refractivity contribution < 1.29 is 13.6 Å². The van der Waals surface area contributed by atoms with E-state index in [4.69, 9.17) is 9.05 Å². The molecule has 0 saturated heterocycles. The summed E-state index contributed by atoms with van der Waals surface area (Å²) in [5.41, 5.74) is 2.46. The molecule has 1 N–H and O–H groups in total. The molecule has 5 heteroatoms. The number of nitrogens with one attached hydrogen (secondary N) is 1. The molecule has 212 valence electrons. The Morgan fingerprint density at radius 2 is 1.23 bits per heavy atom. The first-order valence-electron chi connectivity index (χ1n) is 15.2. The van der Waals surface area contributed by atoms with Gasteiger partial charge in [-0.1, -0.05) is 102 Å². The Kier molecular flexibility index (Phi) is 6.78. The fraction of sp³-hybridized carbons (Fsp3) is 0.647. The lowest BCUT2D eigenvalue weighted by Crippen LogP contribution is -2.40. The maximum Gasteiger partial charge on any atom is 0.352 e. The minimum atomic E-state index is -3.66. The lowest BCUT2D eigenvalue weighted by molar-refractivity contribution is -0.0174.